The van der Waals surface area contributed by atoms with Gasteiger partial charge in [0.15, 0.2) is 16.3 Å². The van der Waals surface area contributed by atoms with Gasteiger partial charge in [-0.2, -0.15) is 0 Å². The topological polar surface area (TPSA) is 88.4 Å². The van der Waals surface area contributed by atoms with E-state index in [1.807, 2.05) is 84.9 Å². The van der Waals surface area contributed by atoms with Gasteiger partial charge in [-0.1, -0.05) is 72.0 Å². The molecule has 0 bridgehead atoms. The molecule has 1 atom stereocenters. The number of carbonyl (C=O) groups is 1. The van der Waals surface area contributed by atoms with Crippen LogP contribution >= 0.6 is 33.9 Å². The zero-order valence-corrected chi connectivity index (χ0v) is 28.7. The second kappa shape index (κ2) is 13.5. The summed E-state index contributed by atoms with van der Waals surface area (Å²) in [6, 6.07) is 24.6. The van der Waals surface area contributed by atoms with Crippen LogP contribution in [0.15, 0.2) is 99.9 Å². The van der Waals surface area contributed by atoms with Crippen molar-refractivity contribution in [2.24, 2.45) is 4.99 Å². The Labute approximate surface area is 283 Å². The van der Waals surface area contributed by atoms with Crippen LogP contribution in [0, 0.1) is 3.57 Å². The van der Waals surface area contributed by atoms with Gasteiger partial charge in [-0.25, -0.2) is 9.79 Å². The second-order valence-corrected chi connectivity index (χ2v) is 12.7. The van der Waals surface area contributed by atoms with E-state index in [4.69, 9.17) is 23.9 Å². The number of benzene rings is 4. The first-order chi connectivity index (χ1) is 22.3. The molecule has 0 N–H and O–H groups in total. The SMILES string of the molecule is CCOC(=O)C1=C(C)N=c2s/c(=C\c3cc(I)c(OCc4ccccc4)c(OC)c3)c(=O)n2[C@@H]1c1c(OC)ccc2ccccc12. The summed E-state index contributed by atoms with van der Waals surface area (Å²) < 4.78 is 26.1. The summed E-state index contributed by atoms with van der Waals surface area (Å²) in [5, 5.41) is 1.82. The number of carbonyl (C=O) groups excluding carboxylic acids is 1. The fourth-order valence-electron chi connectivity index (χ4n) is 5.64. The van der Waals surface area contributed by atoms with E-state index in [0.29, 0.717) is 50.0 Å². The maximum Gasteiger partial charge on any atom is 0.338 e. The molecule has 0 fully saturated rings. The number of hydrogen-bond donors (Lipinski definition) is 0. The van der Waals surface area contributed by atoms with E-state index in [0.717, 1.165) is 25.5 Å². The van der Waals surface area contributed by atoms with Crippen LogP contribution < -0.4 is 29.1 Å². The number of nitrogens with zero attached hydrogens (tertiary/aromatic N) is 2. The van der Waals surface area contributed by atoms with Crippen molar-refractivity contribution < 1.29 is 23.7 Å². The molecule has 0 spiro atoms. The quantitative estimate of drug-likeness (QED) is 0.133. The molecule has 4 aromatic carbocycles. The number of ether oxygens (including phenoxy) is 4. The van der Waals surface area contributed by atoms with Gasteiger partial charge in [-0.15, -0.1) is 0 Å². The number of thiazole rings is 1. The minimum atomic E-state index is -0.818. The van der Waals surface area contributed by atoms with Crippen molar-refractivity contribution in [2.45, 2.75) is 26.5 Å². The molecule has 0 amide bonds. The molecule has 6 rings (SSSR count). The van der Waals surface area contributed by atoms with E-state index in [9.17, 15) is 9.59 Å². The van der Waals surface area contributed by atoms with Gasteiger partial charge >= 0.3 is 5.97 Å². The normalized spacial score (nSPS) is 14.5. The zero-order chi connectivity index (χ0) is 32.4. The Hall–Kier alpha value is -4.42. The Morgan fingerprint density at radius 3 is 2.48 bits per heavy atom. The van der Waals surface area contributed by atoms with E-state index in [1.54, 1.807) is 32.6 Å². The Balaban J connectivity index is 1.51. The second-order valence-electron chi connectivity index (χ2n) is 10.5. The van der Waals surface area contributed by atoms with Crippen molar-refractivity contribution in [3.8, 4) is 17.2 Å². The minimum absolute atomic E-state index is 0.185. The van der Waals surface area contributed by atoms with Gasteiger partial charge in [0.25, 0.3) is 5.56 Å². The van der Waals surface area contributed by atoms with Crippen LogP contribution in [0.4, 0.5) is 0 Å². The van der Waals surface area contributed by atoms with Crippen LogP contribution in [0.1, 0.15) is 36.6 Å². The summed E-state index contributed by atoms with van der Waals surface area (Å²) in [7, 11) is 3.18. The fourth-order valence-corrected chi connectivity index (χ4v) is 7.47. The molecule has 46 heavy (non-hydrogen) atoms. The molecule has 0 saturated heterocycles. The van der Waals surface area contributed by atoms with Crippen LogP contribution in [0.25, 0.3) is 16.8 Å². The number of rotatable bonds is 9. The molecule has 234 valence electrons. The molecule has 1 aliphatic rings. The molecule has 0 radical (unpaired) electrons. The maximum atomic E-state index is 14.3. The van der Waals surface area contributed by atoms with Crippen molar-refractivity contribution in [1.82, 2.24) is 4.57 Å². The fraction of sp³-hybridized carbons (Fsp3) is 0.194. The highest BCUT2D eigenvalue weighted by Gasteiger charge is 2.36. The molecule has 0 aliphatic carbocycles. The van der Waals surface area contributed by atoms with Gasteiger partial charge in [-0.05, 0) is 82.6 Å². The third-order valence-electron chi connectivity index (χ3n) is 7.72. The number of hydrogen-bond acceptors (Lipinski definition) is 8. The first-order valence-electron chi connectivity index (χ1n) is 14.6. The lowest BCUT2D eigenvalue weighted by molar-refractivity contribution is -0.139. The third kappa shape index (κ3) is 5.94. The molecular formula is C36H31IN2O6S. The van der Waals surface area contributed by atoms with Gasteiger partial charge in [0, 0.05) is 5.56 Å². The first kappa shape index (κ1) is 31.6. The first-order valence-corrected chi connectivity index (χ1v) is 16.5. The van der Waals surface area contributed by atoms with Crippen LogP contribution in [0.2, 0.25) is 0 Å². The van der Waals surface area contributed by atoms with Crippen LogP contribution in [0.5, 0.6) is 17.2 Å². The van der Waals surface area contributed by atoms with E-state index in [2.05, 4.69) is 22.6 Å². The Bertz CT molecular complexity index is 2170. The monoisotopic (exact) mass is 746 g/mol. The highest BCUT2D eigenvalue weighted by atomic mass is 127. The minimum Gasteiger partial charge on any atom is -0.496 e. The lowest BCUT2D eigenvalue weighted by atomic mass is 9.90. The van der Waals surface area contributed by atoms with Crippen LogP contribution in [-0.2, 0) is 16.1 Å². The summed E-state index contributed by atoms with van der Waals surface area (Å²) in [6.45, 7) is 4.11. The largest absolute Gasteiger partial charge is 0.496 e. The summed E-state index contributed by atoms with van der Waals surface area (Å²) in [4.78, 5) is 33.1. The van der Waals surface area contributed by atoms with Crippen molar-refractivity contribution >= 4 is 56.7 Å². The van der Waals surface area contributed by atoms with E-state index < -0.39 is 12.0 Å². The molecule has 2 heterocycles. The van der Waals surface area contributed by atoms with Crippen molar-refractivity contribution in [3.05, 3.63) is 130 Å². The number of esters is 1. The number of fused-ring (bicyclic) bond motifs is 2. The molecular weight excluding hydrogens is 715 g/mol. The number of methoxy groups -OCH3 is 2. The molecule has 10 heteroatoms. The van der Waals surface area contributed by atoms with Gasteiger partial charge in [0.1, 0.15) is 18.4 Å². The molecule has 0 saturated carbocycles. The van der Waals surface area contributed by atoms with Gasteiger partial charge in [0.2, 0.25) is 0 Å². The lowest BCUT2D eigenvalue weighted by Gasteiger charge is -2.27. The predicted molar refractivity (Wildman–Crippen MR) is 187 cm³/mol. The van der Waals surface area contributed by atoms with E-state index >= 15 is 0 Å². The van der Waals surface area contributed by atoms with Gasteiger partial charge in [0.05, 0.1) is 40.2 Å². The van der Waals surface area contributed by atoms with Crippen LogP contribution in [0.3, 0.4) is 0 Å². The highest BCUT2D eigenvalue weighted by Crippen LogP contribution is 2.40. The molecule has 0 unspecified atom stereocenters. The van der Waals surface area contributed by atoms with Gasteiger partial charge < -0.3 is 18.9 Å². The molecule has 1 aromatic heterocycles. The summed E-state index contributed by atoms with van der Waals surface area (Å²) in [5.41, 5.74) is 3.01. The van der Waals surface area contributed by atoms with E-state index in [-0.39, 0.29) is 12.2 Å². The summed E-state index contributed by atoms with van der Waals surface area (Å²) >= 11 is 3.48. The van der Waals surface area contributed by atoms with Gasteiger partial charge in [-0.3, -0.25) is 9.36 Å². The van der Waals surface area contributed by atoms with Crippen molar-refractivity contribution in [3.63, 3.8) is 0 Å². The molecule has 8 nitrogen and oxygen atoms in total. The smallest absolute Gasteiger partial charge is 0.338 e. The van der Waals surface area contributed by atoms with Crippen LogP contribution in [-0.4, -0.2) is 31.4 Å². The zero-order valence-electron chi connectivity index (χ0n) is 25.7. The highest BCUT2D eigenvalue weighted by molar-refractivity contribution is 14.1. The third-order valence-corrected chi connectivity index (χ3v) is 9.50. The maximum absolute atomic E-state index is 14.3. The Kier molecular flexibility index (Phi) is 9.27. The van der Waals surface area contributed by atoms with Crippen molar-refractivity contribution in [2.75, 3.05) is 20.8 Å². The van der Waals surface area contributed by atoms with Crippen molar-refractivity contribution in [1.29, 1.82) is 0 Å². The predicted octanol–water partition coefficient (Wildman–Crippen LogP) is 6.15. The lowest BCUT2D eigenvalue weighted by Crippen LogP contribution is -2.40. The number of allylic oxidation sites excluding steroid dienone is 1. The Morgan fingerprint density at radius 1 is 1.00 bits per heavy atom. The van der Waals surface area contributed by atoms with E-state index in [1.165, 1.54) is 11.3 Å². The number of halogens is 1. The molecule has 1 aliphatic heterocycles. The summed E-state index contributed by atoms with van der Waals surface area (Å²) in [5.74, 6) is 1.22. The average Bonchev–Trinajstić information content (AvgIpc) is 3.36. The summed E-state index contributed by atoms with van der Waals surface area (Å²) in [6.07, 6.45) is 1.82. The Morgan fingerprint density at radius 2 is 1.74 bits per heavy atom. The molecule has 5 aromatic rings. The standard InChI is InChI=1S/C36H31IN2O6S/c1-5-44-35(41)30-21(2)38-36-39(32(30)31-25-14-10-9-13-24(25)15-16-27(31)42-3)34(40)29(46-36)19-23-17-26(37)33(28(18-23)43-4)45-20-22-11-7-6-8-12-22/h6-19,32H,5,20H2,1-4H3/b29-19-/t32-/m0/s1. The number of aromatic nitrogens is 1. The average molecular weight is 747 g/mol.